The molecule has 2 rings (SSSR count). The minimum atomic E-state index is -0.628. The van der Waals surface area contributed by atoms with E-state index in [2.05, 4.69) is 5.32 Å². The zero-order chi connectivity index (χ0) is 15.4. The summed E-state index contributed by atoms with van der Waals surface area (Å²) >= 11 is 6.76. The molecule has 4 nitrogen and oxygen atoms in total. The van der Waals surface area contributed by atoms with Gasteiger partial charge in [-0.15, -0.1) is 11.3 Å². The summed E-state index contributed by atoms with van der Waals surface area (Å²) in [7, 11) is 0. The van der Waals surface area contributed by atoms with Gasteiger partial charge in [0.15, 0.2) is 6.61 Å². The Hall–Kier alpha value is -1.92. The topological polar surface area (TPSA) is 55.4 Å². The van der Waals surface area contributed by atoms with E-state index >= 15 is 0 Å². The van der Waals surface area contributed by atoms with Crippen molar-refractivity contribution < 1.29 is 18.7 Å². The number of halogens is 2. The van der Waals surface area contributed by atoms with Gasteiger partial charge in [-0.3, -0.25) is 4.79 Å². The van der Waals surface area contributed by atoms with Crippen LogP contribution in [-0.4, -0.2) is 18.5 Å². The molecule has 0 aliphatic carbocycles. The van der Waals surface area contributed by atoms with Crippen molar-refractivity contribution in [3.8, 4) is 0 Å². The van der Waals surface area contributed by atoms with E-state index in [4.69, 9.17) is 16.3 Å². The fourth-order valence-electron chi connectivity index (χ4n) is 1.49. The van der Waals surface area contributed by atoms with Crippen LogP contribution in [0.3, 0.4) is 0 Å². The molecule has 0 fully saturated rings. The predicted octanol–water partition coefficient (Wildman–Crippen LogP) is 3.64. The molecule has 110 valence electrons. The van der Waals surface area contributed by atoms with Crippen molar-refractivity contribution in [1.29, 1.82) is 0 Å². The van der Waals surface area contributed by atoms with Crippen LogP contribution in [0.5, 0.6) is 0 Å². The number of hydrogen-bond donors (Lipinski definition) is 1. The van der Waals surface area contributed by atoms with Crippen LogP contribution in [0.2, 0.25) is 4.34 Å². The molecule has 0 saturated carbocycles. The van der Waals surface area contributed by atoms with E-state index in [1.54, 1.807) is 25.1 Å². The Labute approximate surface area is 129 Å². The Morgan fingerprint density at radius 2 is 2.10 bits per heavy atom. The lowest BCUT2D eigenvalue weighted by atomic mass is 10.2. The molecule has 1 aromatic heterocycles. The molecule has 0 aliphatic heterocycles. The van der Waals surface area contributed by atoms with Gasteiger partial charge in [-0.05, 0) is 36.8 Å². The molecule has 7 heteroatoms. The molecule has 0 bridgehead atoms. The lowest BCUT2D eigenvalue weighted by Gasteiger charge is -2.06. The molecule has 2 aromatic rings. The molecule has 1 amide bonds. The number of aryl methyl sites for hydroxylation is 1. The lowest BCUT2D eigenvalue weighted by molar-refractivity contribution is -0.119. The first-order valence-corrected chi connectivity index (χ1v) is 7.13. The monoisotopic (exact) mass is 327 g/mol. The van der Waals surface area contributed by atoms with E-state index < -0.39 is 24.3 Å². The summed E-state index contributed by atoms with van der Waals surface area (Å²) < 4.78 is 18.6. The van der Waals surface area contributed by atoms with Crippen molar-refractivity contribution in [1.82, 2.24) is 0 Å². The zero-order valence-corrected chi connectivity index (χ0v) is 12.6. The first kappa shape index (κ1) is 15.5. The van der Waals surface area contributed by atoms with Crippen LogP contribution < -0.4 is 5.32 Å². The summed E-state index contributed by atoms with van der Waals surface area (Å²) in [6.45, 7) is 1.17. The Balaban J connectivity index is 1.87. The third-order valence-corrected chi connectivity index (χ3v) is 3.78. The van der Waals surface area contributed by atoms with Gasteiger partial charge in [0.05, 0.1) is 4.34 Å². The van der Waals surface area contributed by atoms with Gasteiger partial charge in [-0.2, -0.15) is 0 Å². The number of anilines is 1. The summed E-state index contributed by atoms with van der Waals surface area (Å²) in [5.74, 6) is -1.59. The van der Waals surface area contributed by atoms with Gasteiger partial charge in [0.2, 0.25) is 0 Å². The van der Waals surface area contributed by atoms with E-state index in [1.807, 2.05) is 0 Å². The van der Waals surface area contributed by atoms with Crippen LogP contribution in [0.25, 0.3) is 0 Å². The first-order chi connectivity index (χ1) is 9.95. The standard InChI is InChI=1S/C14H11ClFNO3S/c1-8-2-3-9(6-10(8)16)17-13(18)7-20-14(19)11-4-5-12(15)21-11/h2-6H,7H2,1H3,(H,17,18). The molecular weight excluding hydrogens is 317 g/mol. The highest BCUT2D eigenvalue weighted by Gasteiger charge is 2.12. The molecule has 0 unspecified atom stereocenters. The van der Waals surface area contributed by atoms with Gasteiger partial charge in [0.1, 0.15) is 10.7 Å². The first-order valence-electron chi connectivity index (χ1n) is 5.94. The normalized spacial score (nSPS) is 10.2. The number of hydrogen-bond acceptors (Lipinski definition) is 4. The van der Waals surface area contributed by atoms with Gasteiger partial charge < -0.3 is 10.1 Å². The third kappa shape index (κ3) is 4.27. The molecule has 1 heterocycles. The van der Waals surface area contributed by atoms with Gasteiger partial charge in [-0.1, -0.05) is 17.7 Å². The fourth-order valence-corrected chi connectivity index (χ4v) is 2.43. The highest BCUT2D eigenvalue weighted by Crippen LogP contribution is 2.22. The van der Waals surface area contributed by atoms with Crippen molar-refractivity contribution in [2.45, 2.75) is 6.92 Å². The molecule has 0 atom stereocenters. The van der Waals surface area contributed by atoms with Crippen molar-refractivity contribution in [2.24, 2.45) is 0 Å². The second-order valence-electron chi connectivity index (χ2n) is 4.19. The fraction of sp³-hybridized carbons (Fsp3) is 0.143. The van der Waals surface area contributed by atoms with Gasteiger partial charge in [-0.25, -0.2) is 9.18 Å². The van der Waals surface area contributed by atoms with Crippen LogP contribution in [-0.2, 0) is 9.53 Å². The Morgan fingerprint density at radius 3 is 2.71 bits per heavy atom. The summed E-state index contributed by atoms with van der Waals surface area (Å²) in [6, 6.07) is 7.40. The summed E-state index contributed by atoms with van der Waals surface area (Å²) in [4.78, 5) is 23.5. The number of ether oxygens (including phenoxy) is 1. The zero-order valence-electron chi connectivity index (χ0n) is 11.0. The molecule has 0 radical (unpaired) electrons. The number of rotatable bonds is 4. The van der Waals surface area contributed by atoms with Crippen molar-refractivity contribution in [3.63, 3.8) is 0 Å². The number of thiophene rings is 1. The average molecular weight is 328 g/mol. The maximum Gasteiger partial charge on any atom is 0.348 e. The van der Waals surface area contributed by atoms with Crippen LogP contribution in [0.15, 0.2) is 30.3 Å². The van der Waals surface area contributed by atoms with E-state index in [0.717, 1.165) is 11.3 Å². The number of esters is 1. The minimum Gasteiger partial charge on any atom is -0.451 e. The lowest BCUT2D eigenvalue weighted by Crippen LogP contribution is -2.20. The second kappa shape index (κ2) is 6.69. The van der Waals surface area contributed by atoms with Gasteiger partial charge in [0, 0.05) is 5.69 Å². The Morgan fingerprint density at radius 1 is 1.33 bits per heavy atom. The van der Waals surface area contributed by atoms with E-state index in [0.29, 0.717) is 20.5 Å². The number of nitrogens with one attached hydrogen (secondary N) is 1. The molecule has 0 saturated heterocycles. The molecule has 1 aromatic carbocycles. The number of carbonyl (C=O) groups excluding carboxylic acids is 2. The molecule has 0 spiro atoms. The summed E-state index contributed by atoms with van der Waals surface area (Å²) in [5, 5.41) is 2.44. The quantitative estimate of drug-likeness (QED) is 0.872. The second-order valence-corrected chi connectivity index (χ2v) is 5.91. The minimum absolute atomic E-state index is 0.304. The number of benzene rings is 1. The van der Waals surface area contributed by atoms with Gasteiger partial charge >= 0.3 is 5.97 Å². The molecular formula is C14H11ClFNO3S. The highest BCUT2D eigenvalue weighted by molar-refractivity contribution is 7.17. The maximum absolute atomic E-state index is 13.3. The van der Waals surface area contributed by atoms with E-state index in [-0.39, 0.29) is 0 Å². The molecule has 21 heavy (non-hydrogen) atoms. The van der Waals surface area contributed by atoms with Crippen LogP contribution in [0, 0.1) is 12.7 Å². The SMILES string of the molecule is Cc1ccc(NC(=O)COC(=O)c2ccc(Cl)s2)cc1F. The van der Waals surface area contributed by atoms with E-state index in [1.165, 1.54) is 12.1 Å². The van der Waals surface area contributed by atoms with Gasteiger partial charge in [0.25, 0.3) is 5.91 Å². The van der Waals surface area contributed by atoms with Crippen molar-refractivity contribution in [3.05, 3.63) is 50.9 Å². The smallest absolute Gasteiger partial charge is 0.348 e. The maximum atomic E-state index is 13.3. The van der Waals surface area contributed by atoms with Crippen LogP contribution in [0.1, 0.15) is 15.2 Å². The Bertz CT molecular complexity index is 687. The van der Waals surface area contributed by atoms with Crippen LogP contribution in [0.4, 0.5) is 10.1 Å². The van der Waals surface area contributed by atoms with Crippen LogP contribution >= 0.6 is 22.9 Å². The number of amides is 1. The average Bonchev–Trinajstić information content (AvgIpc) is 2.87. The molecule has 1 N–H and O–H groups in total. The largest absolute Gasteiger partial charge is 0.451 e. The highest BCUT2D eigenvalue weighted by atomic mass is 35.5. The van der Waals surface area contributed by atoms with Crippen molar-refractivity contribution in [2.75, 3.05) is 11.9 Å². The Kier molecular flexibility index (Phi) is 4.93. The van der Waals surface area contributed by atoms with Crippen molar-refractivity contribution >= 4 is 40.5 Å². The summed E-state index contributed by atoms with van der Waals surface area (Å²) in [6.07, 6.45) is 0. The predicted molar refractivity (Wildman–Crippen MR) is 79.4 cm³/mol. The number of carbonyl (C=O) groups is 2. The molecule has 0 aliphatic rings. The third-order valence-electron chi connectivity index (χ3n) is 2.56. The van der Waals surface area contributed by atoms with E-state index in [9.17, 15) is 14.0 Å². The summed E-state index contributed by atoms with van der Waals surface area (Å²) in [5.41, 5.74) is 0.785.